The van der Waals surface area contributed by atoms with Crippen molar-refractivity contribution in [1.82, 2.24) is 10.6 Å². The number of hydrogen-bond donors (Lipinski definition) is 2. The molecule has 0 unspecified atom stereocenters. The lowest BCUT2D eigenvalue weighted by Gasteiger charge is -2.03. The number of furan rings is 1. The normalized spacial score (nSPS) is 16.1. The zero-order valence-corrected chi connectivity index (χ0v) is 8.68. The van der Waals surface area contributed by atoms with Crippen LogP contribution in [-0.4, -0.2) is 19.1 Å². The van der Waals surface area contributed by atoms with Crippen molar-refractivity contribution in [1.29, 1.82) is 0 Å². The summed E-state index contributed by atoms with van der Waals surface area (Å²) in [4.78, 5) is 0. The highest BCUT2D eigenvalue weighted by molar-refractivity contribution is 5.11. The van der Waals surface area contributed by atoms with E-state index in [1.807, 2.05) is 13.2 Å². The number of nitrogens with one attached hydrogen (secondary N) is 2. The van der Waals surface area contributed by atoms with Crippen molar-refractivity contribution in [2.45, 2.75) is 32.4 Å². The fourth-order valence-corrected chi connectivity index (χ4v) is 1.48. The first-order valence-electron chi connectivity index (χ1n) is 5.33. The Balaban J connectivity index is 1.53. The molecule has 0 aliphatic heterocycles. The molecule has 1 saturated carbocycles. The second-order valence-electron chi connectivity index (χ2n) is 3.97. The quantitative estimate of drug-likeness (QED) is 0.673. The fourth-order valence-electron chi connectivity index (χ4n) is 1.48. The molecular weight excluding hydrogens is 176 g/mol. The third-order valence-corrected chi connectivity index (χ3v) is 2.43. The second-order valence-corrected chi connectivity index (χ2v) is 3.97. The van der Waals surface area contributed by atoms with E-state index in [2.05, 4.69) is 16.7 Å². The molecule has 0 atom stereocenters. The Labute approximate surface area is 84.9 Å². The molecule has 1 aromatic heterocycles. The average Bonchev–Trinajstić information content (AvgIpc) is 2.89. The Morgan fingerprint density at radius 1 is 1.43 bits per heavy atom. The zero-order chi connectivity index (χ0) is 9.80. The van der Waals surface area contributed by atoms with Gasteiger partial charge in [-0.05, 0) is 25.8 Å². The highest BCUT2D eigenvalue weighted by atomic mass is 16.3. The van der Waals surface area contributed by atoms with Gasteiger partial charge in [0.25, 0.3) is 0 Å². The molecule has 0 aromatic carbocycles. The lowest BCUT2D eigenvalue weighted by Crippen LogP contribution is -2.28. The Morgan fingerprint density at radius 2 is 2.29 bits per heavy atom. The SMILES string of the molecule is Cc1cc(CNCCNC2CC2)co1. The molecule has 0 radical (unpaired) electrons. The Morgan fingerprint density at radius 3 is 2.93 bits per heavy atom. The van der Waals surface area contributed by atoms with Gasteiger partial charge < -0.3 is 15.1 Å². The van der Waals surface area contributed by atoms with E-state index in [1.165, 1.54) is 18.4 Å². The maximum absolute atomic E-state index is 5.21. The first-order valence-corrected chi connectivity index (χ1v) is 5.33. The van der Waals surface area contributed by atoms with Crippen LogP contribution in [0.15, 0.2) is 16.7 Å². The Bertz CT molecular complexity index is 279. The lowest BCUT2D eigenvalue weighted by molar-refractivity contribution is 0.529. The molecule has 0 amide bonds. The van der Waals surface area contributed by atoms with Crippen molar-refractivity contribution in [2.75, 3.05) is 13.1 Å². The molecule has 0 saturated heterocycles. The van der Waals surface area contributed by atoms with Crippen LogP contribution >= 0.6 is 0 Å². The van der Waals surface area contributed by atoms with E-state index in [9.17, 15) is 0 Å². The molecule has 3 nitrogen and oxygen atoms in total. The summed E-state index contributed by atoms with van der Waals surface area (Å²) in [6.45, 7) is 4.98. The summed E-state index contributed by atoms with van der Waals surface area (Å²) in [5.41, 5.74) is 1.23. The van der Waals surface area contributed by atoms with Gasteiger partial charge in [0.2, 0.25) is 0 Å². The van der Waals surface area contributed by atoms with Crippen LogP contribution in [0.5, 0.6) is 0 Å². The van der Waals surface area contributed by atoms with Gasteiger partial charge in [-0.1, -0.05) is 0 Å². The van der Waals surface area contributed by atoms with Gasteiger partial charge in [0.15, 0.2) is 0 Å². The third kappa shape index (κ3) is 3.16. The van der Waals surface area contributed by atoms with Gasteiger partial charge in [0.05, 0.1) is 6.26 Å². The molecule has 14 heavy (non-hydrogen) atoms. The van der Waals surface area contributed by atoms with Gasteiger partial charge in [0.1, 0.15) is 5.76 Å². The fraction of sp³-hybridized carbons (Fsp3) is 0.636. The molecule has 1 aliphatic rings. The van der Waals surface area contributed by atoms with Crippen molar-refractivity contribution in [3.8, 4) is 0 Å². The highest BCUT2D eigenvalue weighted by Crippen LogP contribution is 2.17. The van der Waals surface area contributed by atoms with Gasteiger partial charge in [-0.25, -0.2) is 0 Å². The first kappa shape index (κ1) is 9.74. The van der Waals surface area contributed by atoms with E-state index in [4.69, 9.17) is 4.42 Å². The molecular formula is C11H18N2O. The molecule has 1 fully saturated rings. The van der Waals surface area contributed by atoms with Crippen molar-refractivity contribution in [2.24, 2.45) is 0 Å². The van der Waals surface area contributed by atoms with E-state index >= 15 is 0 Å². The van der Waals surface area contributed by atoms with Crippen LogP contribution in [0.1, 0.15) is 24.2 Å². The number of aryl methyl sites for hydroxylation is 1. The summed E-state index contributed by atoms with van der Waals surface area (Å²) in [5, 5.41) is 6.84. The number of rotatable bonds is 6. The molecule has 2 N–H and O–H groups in total. The largest absolute Gasteiger partial charge is 0.469 e. The smallest absolute Gasteiger partial charge is 0.101 e. The van der Waals surface area contributed by atoms with Crippen LogP contribution in [0.3, 0.4) is 0 Å². The molecule has 3 heteroatoms. The molecule has 1 aliphatic carbocycles. The molecule has 2 rings (SSSR count). The highest BCUT2D eigenvalue weighted by Gasteiger charge is 2.19. The molecule has 1 heterocycles. The monoisotopic (exact) mass is 194 g/mol. The van der Waals surface area contributed by atoms with E-state index in [-0.39, 0.29) is 0 Å². The van der Waals surface area contributed by atoms with Gasteiger partial charge in [-0.3, -0.25) is 0 Å². The lowest BCUT2D eigenvalue weighted by atomic mass is 10.3. The van der Waals surface area contributed by atoms with Crippen LogP contribution in [0.2, 0.25) is 0 Å². The summed E-state index contributed by atoms with van der Waals surface area (Å²) < 4.78 is 5.21. The van der Waals surface area contributed by atoms with Crippen molar-refractivity contribution in [3.63, 3.8) is 0 Å². The number of hydrogen-bond acceptors (Lipinski definition) is 3. The average molecular weight is 194 g/mol. The summed E-state index contributed by atoms with van der Waals surface area (Å²) in [6, 6.07) is 2.88. The zero-order valence-electron chi connectivity index (χ0n) is 8.68. The first-order chi connectivity index (χ1) is 6.84. The van der Waals surface area contributed by atoms with Crippen LogP contribution in [0, 0.1) is 6.92 Å². The minimum Gasteiger partial charge on any atom is -0.469 e. The summed E-state index contributed by atoms with van der Waals surface area (Å²) in [6.07, 6.45) is 4.54. The van der Waals surface area contributed by atoms with Crippen LogP contribution in [-0.2, 0) is 6.54 Å². The van der Waals surface area contributed by atoms with Crippen molar-refractivity contribution >= 4 is 0 Å². The summed E-state index contributed by atoms with van der Waals surface area (Å²) >= 11 is 0. The summed E-state index contributed by atoms with van der Waals surface area (Å²) in [5.74, 6) is 0.984. The van der Waals surface area contributed by atoms with Gasteiger partial charge >= 0.3 is 0 Å². The maximum atomic E-state index is 5.21. The summed E-state index contributed by atoms with van der Waals surface area (Å²) in [7, 11) is 0. The molecule has 78 valence electrons. The van der Waals surface area contributed by atoms with E-state index in [0.717, 1.165) is 31.4 Å². The predicted molar refractivity (Wildman–Crippen MR) is 56.2 cm³/mol. The standard InChI is InChI=1S/C11H18N2O/c1-9-6-10(8-14-9)7-12-4-5-13-11-2-3-11/h6,8,11-13H,2-5,7H2,1H3. The molecule has 0 spiro atoms. The van der Waals surface area contributed by atoms with Crippen molar-refractivity contribution < 1.29 is 4.42 Å². The van der Waals surface area contributed by atoms with Crippen LogP contribution in [0.4, 0.5) is 0 Å². The van der Waals surface area contributed by atoms with E-state index in [0.29, 0.717) is 0 Å². The second kappa shape index (κ2) is 4.62. The minimum absolute atomic E-state index is 0.813. The van der Waals surface area contributed by atoms with Gasteiger partial charge in [-0.15, -0.1) is 0 Å². The Hall–Kier alpha value is -0.800. The predicted octanol–water partition coefficient (Wildman–Crippen LogP) is 1.43. The topological polar surface area (TPSA) is 37.2 Å². The van der Waals surface area contributed by atoms with Gasteiger partial charge in [0, 0.05) is 31.2 Å². The van der Waals surface area contributed by atoms with Gasteiger partial charge in [-0.2, -0.15) is 0 Å². The molecule has 0 bridgehead atoms. The van der Waals surface area contributed by atoms with Crippen molar-refractivity contribution in [3.05, 3.63) is 23.7 Å². The van der Waals surface area contributed by atoms with E-state index in [1.54, 1.807) is 0 Å². The minimum atomic E-state index is 0.813. The molecule has 1 aromatic rings. The Kier molecular flexibility index (Phi) is 3.22. The maximum Gasteiger partial charge on any atom is 0.101 e. The van der Waals surface area contributed by atoms with E-state index < -0.39 is 0 Å². The van der Waals surface area contributed by atoms with Crippen LogP contribution in [0.25, 0.3) is 0 Å². The third-order valence-electron chi connectivity index (χ3n) is 2.43. The van der Waals surface area contributed by atoms with Crippen LogP contribution < -0.4 is 10.6 Å².